The molecule has 1 aliphatic heterocycles. The van der Waals surface area contributed by atoms with Gasteiger partial charge in [-0.3, -0.25) is 9.99 Å². The van der Waals surface area contributed by atoms with Crippen LogP contribution in [0.25, 0.3) is 10.9 Å². The summed E-state index contributed by atoms with van der Waals surface area (Å²) in [5.74, 6) is -0.371. The number of nitrogens with zero attached hydrogens (tertiary/aromatic N) is 4. The average molecular weight is 499 g/mol. The zero-order chi connectivity index (χ0) is 25.3. The second-order valence-electron chi connectivity index (χ2n) is 8.71. The molecule has 178 valence electrons. The van der Waals surface area contributed by atoms with Crippen molar-refractivity contribution in [3.63, 3.8) is 0 Å². The first-order valence-corrected chi connectivity index (χ1v) is 11.8. The molecule has 1 unspecified atom stereocenters. The van der Waals surface area contributed by atoms with E-state index in [-0.39, 0.29) is 12.2 Å². The summed E-state index contributed by atoms with van der Waals surface area (Å²) in [6, 6.07) is 14.1. The Balaban J connectivity index is 1.59. The molecule has 2 radical (unpaired) electrons. The topological polar surface area (TPSA) is 112 Å². The van der Waals surface area contributed by atoms with Gasteiger partial charge in [0, 0.05) is 36.1 Å². The van der Waals surface area contributed by atoms with Gasteiger partial charge in [-0.15, -0.1) is 5.53 Å². The van der Waals surface area contributed by atoms with Gasteiger partial charge in [-0.1, -0.05) is 23.7 Å². The highest BCUT2D eigenvalue weighted by atomic mass is 35.5. The molecular weight excluding hydrogens is 478 g/mol. The number of aromatic nitrogens is 1. The number of halogens is 2. The molecule has 1 atom stereocenters. The normalized spacial score (nSPS) is 16.4. The van der Waals surface area contributed by atoms with Crippen LogP contribution in [-0.2, 0) is 5.44 Å². The summed E-state index contributed by atoms with van der Waals surface area (Å²) < 4.78 is 13.7. The van der Waals surface area contributed by atoms with E-state index in [1.165, 1.54) is 18.3 Å². The molecule has 0 amide bonds. The fourth-order valence-electron chi connectivity index (χ4n) is 4.16. The van der Waals surface area contributed by atoms with E-state index in [0.717, 1.165) is 12.8 Å². The van der Waals surface area contributed by atoms with Crippen molar-refractivity contribution in [2.45, 2.75) is 30.7 Å². The summed E-state index contributed by atoms with van der Waals surface area (Å²) in [6.07, 6.45) is 5.78. The molecule has 8 nitrogen and oxygen atoms in total. The summed E-state index contributed by atoms with van der Waals surface area (Å²) in [6.45, 7) is 0.357. The molecule has 2 aromatic carbocycles. The molecule has 11 heteroatoms. The van der Waals surface area contributed by atoms with E-state index in [1.807, 2.05) is 11.2 Å². The summed E-state index contributed by atoms with van der Waals surface area (Å²) in [5.41, 5.74) is 8.17. The van der Waals surface area contributed by atoms with E-state index in [4.69, 9.17) is 24.7 Å². The predicted molar refractivity (Wildman–Crippen MR) is 137 cm³/mol. The van der Waals surface area contributed by atoms with Crippen LogP contribution in [0.2, 0.25) is 5.02 Å². The summed E-state index contributed by atoms with van der Waals surface area (Å²) >= 11 is 6.61. The Bertz CT molecular complexity index is 1430. The van der Waals surface area contributed by atoms with Crippen LogP contribution < -0.4 is 21.6 Å². The third kappa shape index (κ3) is 4.49. The van der Waals surface area contributed by atoms with E-state index in [1.54, 1.807) is 24.3 Å². The number of hydrogen-bond acceptors (Lipinski definition) is 8. The van der Waals surface area contributed by atoms with Crippen LogP contribution in [0.15, 0.2) is 54.5 Å². The largest absolute Gasteiger partial charge is 0.382 e. The molecule has 0 saturated heterocycles. The molecule has 1 fully saturated rings. The van der Waals surface area contributed by atoms with Gasteiger partial charge in [-0.2, -0.15) is 10.5 Å². The SMILES string of the molecule is [B]C(Nc1cc(Cl)c2ncc(C#N)c(NCCC#N)c2c1)(C1=CN(C2CC2)NN1)c1ccc(F)cc1. The molecule has 3 aromatic rings. The van der Waals surface area contributed by atoms with E-state index < -0.39 is 5.44 Å². The van der Waals surface area contributed by atoms with Gasteiger partial charge in [0.2, 0.25) is 0 Å². The zero-order valence-corrected chi connectivity index (χ0v) is 19.9. The lowest BCUT2D eigenvalue weighted by Gasteiger charge is -2.34. The van der Waals surface area contributed by atoms with Crippen LogP contribution in [0.5, 0.6) is 0 Å². The minimum Gasteiger partial charge on any atom is -0.382 e. The monoisotopic (exact) mass is 498 g/mol. The summed E-state index contributed by atoms with van der Waals surface area (Å²) in [5, 5.41) is 28.0. The molecule has 2 heterocycles. The fraction of sp³-hybridized carbons (Fsp3) is 0.240. The lowest BCUT2D eigenvalue weighted by Crippen LogP contribution is -2.45. The van der Waals surface area contributed by atoms with Crippen LogP contribution in [0.4, 0.5) is 15.8 Å². The van der Waals surface area contributed by atoms with Crippen molar-refractivity contribution in [2.24, 2.45) is 0 Å². The molecule has 36 heavy (non-hydrogen) atoms. The first-order chi connectivity index (χ1) is 17.4. The van der Waals surface area contributed by atoms with Crippen molar-refractivity contribution in [2.75, 3.05) is 17.2 Å². The van der Waals surface area contributed by atoms with Gasteiger partial charge in [0.25, 0.3) is 0 Å². The van der Waals surface area contributed by atoms with E-state index in [2.05, 4.69) is 38.7 Å². The van der Waals surface area contributed by atoms with Crippen molar-refractivity contribution < 1.29 is 4.39 Å². The van der Waals surface area contributed by atoms with Gasteiger partial charge in [0.1, 0.15) is 19.7 Å². The minimum atomic E-state index is -1.28. The maximum atomic E-state index is 13.7. The quantitative estimate of drug-likeness (QED) is 0.272. The number of anilines is 2. The maximum Gasteiger partial charge on any atom is 0.123 e. The lowest BCUT2D eigenvalue weighted by molar-refractivity contribution is 0.260. The third-order valence-corrected chi connectivity index (χ3v) is 6.47. The minimum absolute atomic E-state index is 0.265. The number of fused-ring (bicyclic) bond motifs is 1. The number of pyridine rings is 1. The highest BCUT2D eigenvalue weighted by Gasteiger charge is 2.37. The molecule has 5 rings (SSSR count). The second-order valence-corrected chi connectivity index (χ2v) is 9.11. The average Bonchev–Trinajstić information content (AvgIpc) is 3.60. The highest BCUT2D eigenvalue weighted by molar-refractivity contribution is 6.36. The van der Waals surface area contributed by atoms with Crippen molar-refractivity contribution in [3.8, 4) is 12.1 Å². The summed E-state index contributed by atoms with van der Waals surface area (Å²) in [7, 11) is 6.98. The lowest BCUT2D eigenvalue weighted by atomic mass is 9.69. The number of hydrazine groups is 2. The summed E-state index contributed by atoms with van der Waals surface area (Å²) in [4.78, 5) is 4.36. The van der Waals surface area contributed by atoms with Gasteiger partial charge >= 0.3 is 0 Å². The van der Waals surface area contributed by atoms with Gasteiger partial charge < -0.3 is 16.1 Å². The van der Waals surface area contributed by atoms with Crippen LogP contribution >= 0.6 is 11.6 Å². The van der Waals surface area contributed by atoms with E-state index in [0.29, 0.717) is 56.7 Å². The number of nitrogens with one attached hydrogen (secondary N) is 4. The molecule has 1 aliphatic carbocycles. The molecule has 4 N–H and O–H groups in total. The molecule has 1 saturated carbocycles. The van der Waals surface area contributed by atoms with Crippen molar-refractivity contribution in [1.82, 2.24) is 21.0 Å². The van der Waals surface area contributed by atoms with Crippen molar-refractivity contribution >= 4 is 41.7 Å². The number of rotatable bonds is 8. The van der Waals surface area contributed by atoms with Gasteiger partial charge in [-0.25, -0.2) is 4.39 Å². The van der Waals surface area contributed by atoms with Gasteiger partial charge in [-0.05, 0) is 42.7 Å². The maximum absolute atomic E-state index is 13.7. The Kier molecular flexibility index (Phi) is 6.32. The Morgan fingerprint density at radius 3 is 2.72 bits per heavy atom. The Labute approximate surface area is 214 Å². The van der Waals surface area contributed by atoms with Crippen LogP contribution in [0, 0.1) is 28.5 Å². The second kappa shape index (κ2) is 9.58. The smallest absolute Gasteiger partial charge is 0.123 e. The van der Waals surface area contributed by atoms with E-state index in [9.17, 15) is 9.65 Å². The first kappa shape index (κ1) is 23.7. The molecule has 0 bridgehead atoms. The zero-order valence-electron chi connectivity index (χ0n) is 19.1. The molecule has 1 aromatic heterocycles. The third-order valence-electron chi connectivity index (χ3n) is 6.18. The Morgan fingerprint density at radius 1 is 1.25 bits per heavy atom. The van der Waals surface area contributed by atoms with E-state index >= 15 is 0 Å². The van der Waals surface area contributed by atoms with Gasteiger partial charge in [0.05, 0.1) is 45.4 Å². The number of nitriles is 2. The fourth-order valence-corrected chi connectivity index (χ4v) is 4.43. The Morgan fingerprint density at radius 2 is 2.03 bits per heavy atom. The first-order valence-electron chi connectivity index (χ1n) is 11.4. The highest BCUT2D eigenvalue weighted by Crippen LogP contribution is 2.38. The molecular formula is C25H21BClFN8. The molecule has 2 aliphatic rings. The number of hydrogen-bond donors (Lipinski definition) is 4. The van der Waals surface area contributed by atoms with Crippen molar-refractivity contribution in [1.29, 1.82) is 10.5 Å². The predicted octanol–water partition coefficient (Wildman–Crippen LogP) is 3.99. The van der Waals surface area contributed by atoms with Crippen LogP contribution in [0.1, 0.15) is 30.4 Å². The Hall–Kier alpha value is -3.99. The standard InChI is InChI=1S/C25H21BClFN8/c26-25(16-2-4-17(28)5-3-16,22-14-36(35-34-22)19-6-7-19)33-18-10-20-23(31-9-1-8-29)15(12-30)13-32-24(20)21(27)11-18/h2-5,10-11,13-14,19,33-35H,1,6-7,9H2,(H,31,32). The van der Waals surface area contributed by atoms with Crippen LogP contribution in [0.3, 0.4) is 0 Å². The molecule has 0 spiro atoms. The van der Waals surface area contributed by atoms with Crippen LogP contribution in [-0.4, -0.2) is 30.4 Å². The number of benzene rings is 2. The van der Waals surface area contributed by atoms with Gasteiger partial charge in [0.15, 0.2) is 0 Å². The van der Waals surface area contributed by atoms with Crippen molar-refractivity contribution in [3.05, 3.63) is 76.5 Å².